The molecule has 2 heterocycles. The zero-order valence-electron chi connectivity index (χ0n) is 12.2. The van der Waals surface area contributed by atoms with Crippen LogP contribution in [0.15, 0.2) is 42.6 Å². The largest absolute Gasteiger partial charge is 0.439 e. The van der Waals surface area contributed by atoms with Gasteiger partial charge in [0.2, 0.25) is 5.88 Å². The van der Waals surface area contributed by atoms with Crippen molar-refractivity contribution in [1.29, 1.82) is 5.26 Å². The number of nitrogens with zero attached hydrogens (tertiary/aromatic N) is 3. The van der Waals surface area contributed by atoms with Crippen LogP contribution in [0.1, 0.15) is 11.1 Å². The van der Waals surface area contributed by atoms with Crippen molar-refractivity contribution in [2.75, 3.05) is 5.32 Å². The van der Waals surface area contributed by atoms with Gasteiger partial charge in [-0.1, -0.05) is 23.7 Å². The summed E-state index contributed by atoms with van der Waals surface area (Å²) in [6, 6.07) is 11.4. The second-order valence-electron chi connectivity index (χ2n) is 4.67. The Balaban J connectivity index is 1.78. The van der Waals surface area contributed by atoms with Gasteiger partial charge in [0.05, 0.1) is 0 Å². The van der Waals surface area contributed by atoms with E-state index < -0.39 is 0 Å². The molecule has 3 aromatic rings. The second-order valence-corrected chi connectivity index (χ2v) is 5.80. The zero-order valence-corrected chi connectivity index (χ0v) is 13.7. The Kier molecular flexibility index (Phi) is 4.89. The summed E-state index contributed by atoms with van der Waals surface area (Å²) in [5, 5.41) is 12.9. The molecule has 1 aromatic carbocycles. The van der Waals surface area contributed by atoms with Gasteiger partial charge in [0, 0.05) is 24.4 Å². The van der Waals surface area contributed by atoms with Crippen LogP contribution >= 0.6 is 23.1 Å². The van der Waals surface area contributed by atoms with Crippen molar-refractivity contribution in [1.82, 2.24) is 9.36 Å². The molecule has 24 heavy (non-hydrogen) atoms. The smallest absolute Gasteiger partial charge is 0.224 e. The quantitative estimate of drug-likeness (QED) is 0.719. The molecule has 0 saturated heterocycles. The molecule has 1 N–H and O–H groups in total. The molecule has 5 nitrogen and oxygen atoms in total. The third-order valence-electron chi connectivity index (χ3n) is 3.06. The number of benzene rings is 1. The first-order valence-electron chi connectivity index (χ1n) is 6.84. The monoisotopic (exact) mass is 360 g/mol. The van der Waals surface area contributed by atoms with Gasteiger partial charge in [0.1, 0.15) is 28.2 Å². The second kappa shape index (κ2) is 7.25. The molecular weight excluding hydrogens is 351 g/mol. The third-order valence-corrected chi connectivity index (χ3v) is 4.24. The van der Waals surface area contributed by atoms with Crippen molar-refractivity contribution in [2.45, 2.75) is 6.54 Å². The van der Waals surface area contributed by atoms with Crippen LogP contribution in [0.3, 0.4) is 0 Å². The summed E-state index contributed by atoms with van der Waals surface area (Å²) >= 11 is 6.95. The van der Waals surface area contributed by atoms with E-state index in [1.807, 2.05) is 12.1 Å². The van der Waals surface area contributed by atoms with E-state index in [-0.39, 0.29) is 11.0 Å². The lowest BCUT2D eigenvalue weighted by atomic mass is 10.2. The van der Waals surface area contributed by atoms with Crippen LogP contribution in [0, 0.1) is 17.1 Å². The van der Waals surface area contributed by atoms with Gasteiger partial charge in [-0.25, -0.2) is 9.37 Å². The SMILES string of the molecule is N#Cc1c(Cl)nsc1NCc1cccnc1Oc1cccc(F)c1. The molecule has 3 rings (SSSR count). The number of halogens is 2. The van der Waals surface area contributed by atoms with Crippen LogP contribution in [0.5, 0.6) is 11.6 Å². The normalized spacial score (nSPS) is 10.2. The molecule has 0 unspecified atom stereocenters. The molecule has 0 amide bonds. The van der Waals surface area contributed by atoms with Gasteiger partial charge in [-0.2, -0.15) is 9.64 Å². The Labute approximate surface area is 146 Å². The first kappa shape index (κ1) is 16.2. The summed E-state index contributed by atoms with van der Waals surface area (Å²) in [5.74, 6) is 0.319. The maximum absolute atomic E-state index is 13.3. The van der Waals surface area contributed by atoms with Crippen molar-refractivity contribution in [2.24, 2.45) is 0 Å². The summed E-state index contributed by atoms with van der Waals surface area (Å²) in [4.78, 5) is 4.18. The molecule has 0 aliphatic carbocycles. The summed E-state index contributed by atoms with van der Waals surface area (Å²) < 4.78 is 22.8. The van der Waals surface area contributed by atoms with Gasteiger partial charge in [-0.3, -0.25) is 0 Å². The van der Waals surface area contributed by atoms with Crippen molar-refractivity contribution >= 4 is 28.1 Å². The van der Waals surface area contributed by atoms with Gasteiger partial charge < -0.3 is 10.1 Å². The Bertz CT molecular complexity index is 909. The zero-order chi connectivity index (χ0) is 16.9. The summed E-state index contributed by atoms with van der Waals surface area (Å²) in [5.41, 5.74) is 1.05. The van der Waals surface area contributed by atoms with Crippen molar-refractivity contribution in [3.05, 3.63) is 64.7 Å². The van der Waals surface area contributed by atoms with E-state index >= 15 is 0 Å². The minimum Gasteiger partial charge on any atom is -0.439 e. The maximum atomic E-state index is 13.3. The van der Waals surface area contributed by atoms with E-state index in [1.54, 1.807) is 24.4 Å². The Hall–Kier alpha value is -2.69. The van der Waals surface area contributed by atoms with Gasteiger partial charge >= 0.3 is 0 Å². The number of pyridine rings is 1. The fraction of sp³-hybridized carbons (Fsp3) is 0.0625. The lowest BCUT2D eigenvalue weighted by Crippen LogP contribution is -2.02. The highest BCUT2D eigenvalue weighted by molar-refractivity contribution is 7.10. The molecule has 0 aliphatic rings. The topological polar surface area (TPSA) is 70.8 Å². The van der Waals surface area contributed by atoms with Crippen molar-refractivity contribution in [3.63, 3.8) is 0 Å². The Morgan fingerprint density at radius 3 is 3.00 bits per heavy atom. The van der Waals surface area contributed by atoms with Crippen LogP contribution in [-0.4, -0.2) is 9.36 Å². The van der Waals surface area contributed by atoms with E-state index in [2.05, 4.69) is 14.7 Å². The number of ether oxygens (including phenoxy) is 1. The number of hydrogen-bond donors (Lipinski definition) is 1. The average Bonchev–Trinajstić information content (AvgIpc) is 2.94. The number of anilines is 1. The highest BCUT2D eigenvalue weighted by Gasteiger charge is 2.13. The fourth-order valence-corrected chi connectivity index (χ4v) is 2.89. The highest BCUT2D eigenvalue weighted by Crippen LogP contribution is 2.29. The highest BCUT2D eigenvalue weighted by atomic mass is 35.5. The van der Waals surface area contributed by atoms with E-state index in [1.165, 1.54) is 12.1 Å². The number of nitriles is 1. The minimum absolute atomic E-state index is 0.174. The summed E-state index contributed by atoms with van der Waals surface area (Å²) in [6.07, 6.45) is 1.59. The van der Waals surface area contributed by atoms with Crippen LogP contribution in [-0.2, 0) is 6.54 Å². The van der Waals surface area contributed by atoms with Crippen molar-refractivity contribution in [3.8, 4) is 17.7 Å². The first-order valence-corrected chi connectivity index (χ1v) is 7.99. The van der Waals surface area contributed by atoms with Gasteiger partial charge in [0.15, 0.2) is 5.15 Å². The van der Waals surface area contributed by atoms with Gasteiger partial charge in [-0.05, 0) is 29.7 Å². The summed E-state index contributed by atoms with van der Waals surface area (Å²) in [6.45, 7) is 0.353. The molecule has 0 saturated carbocycles. The van der Waals surface area contributed by atoms with E-state index in [0.29, 0.717) is 28.7 Å². The summed E-state index contributed by atoms with van der Waals surface area (Å²) in [7, 11) is 0. The van der Waals surface area contributed by atoms with Crippen LogP contribution in [0.4, 0.5) is 9.39 Å². The number of rotatable bonds is 5. The predicted molar refractivity (Wildman–Crippen MR) is 89.9 cm³/mol. The number of nitrogens with one attached hydrogen (secondary N) is 1. The molecular formula is C16H10ClFN4OS. The molecule has 0 spiro atoms. The lowest BCUT2D eigenvalue weighted by molar-refractivity contribution is 0.452. The Morgan fingerprint density at radius 1 is 1.33 bits per heavy atom. The molecule has 0 fully saturated rings. The standard InChI is InChI=1S/C16H10ClFN4OS/c17-14-13(8-19)16(24-22-14)21-9-10-3-2-6-20-15(10)23-12-5-1-4-11(18)7-12/h1-7,21H,9H2. The minimum atomic E-state index is -0.388. The van der Waals surface area contributed by atoms with Crippen LogP contribution in [0.2, 0.25) is 5.15 Å². The van der Waals surface area contributed by atoms with E-state index in [0.717, 1.165) is 17.1 Å². The molecule has 0 bridgehead atoms. The fourth-order valence-electron chi connectivity index (χ4n) is 1.96. The van der Waals surface area contributed by atoms with Crippen LogP contribution < -0.4 is 10.1 Å². The molecule has 120 valence electrons. The van der Waals surface area contributed by atoms with E-state index in [9.17, 15) is 4.39 Å². The molecule has 0 atom stereocenters. The van der Waals surface area contributed by atoms with E-state index in [4.69, 9.17) is 21.6 Å². The van der Waals surface area contributed by atoms with Gasteiger partial charge in [-0.15, -0.1) is 0 Å². The lowest BCUT2D eigenvalue weighted by Gasteiger charge is -2.10. The molecule has 2 aromatic heterocycles. The first-order chi connectivity index (χ1) is 11.7. The maximum Gasteiger partial charge on any atom is 0.224 e. The molecule has 8 heteroatoms. The predicted octanol–water partition coefficient (Wildman–Crippen LogP) is 4.61. The van der Waals surface area contributed by atoms with Crippen molar-refractivity contribution < 1.29 is 9.13 Å². The number of aromatic nitrogens is 2. The third kappa shape index (κ3) is 3.62. The van der Waals surface area contributed by atoms with Crippen LogP contribution in [0.25, 0.3) is 0 Å². The molecule has 0 radical (unpaired) electrons. The average molecular weight is 361 g/mol. The van der Waals surface area contributed by atoms with Gasteiger partial charge in [0.25, 0.3) is 0 Å². The Morgan fingerprint density at radius 2 is 2.21 bits per heavy atom. The number of hydrogen-bond acceptors (Lipinski definition) is 6. The molecule has 0 aliphatic heterocycles.